The molecule has 1 heterocycles. The lowest BCUT2D eigenvalue weighted by atomic mass is 9.66. The standard InChI is InChI=1S/C22H21NO2/c1-25-19-10-12-20-16(14-19)9-11-21(17-6-5-13-23-15-17)22(20,24)18-7-3-2-4-8-18/h2-8,10,12-15,21,24H,9,11H2,1H3. The van der Waals surface area contributed by atoms with E-state index < -0.39 is 5.60 Å². The Morgan fingerprint density at radius 3 is 2.64 bits per heavy atom. The van der Waals surface area contributed by atoms with Gasteiger partial charge in [0.1, 0.15) is 11.4 Å². The molecule has 3 aromatic rings. The fraction of sp³-hybridized carbons (Fsp3) is 0.227. The zero-order valence-corrected chi connectivity index (χ0v) is 14.2. The van der Waals surface area contributed by atoms with Crippen molar-refractivity contribution in [2.75, 3.05) is 7.11 Å². The van der Waals surface area contributed by atoms with Crippen LogP contribution in [0.1, 0.15) is 34.6 Å². The van der Waals surface area contributed by atoms with E-state index in [1.807, 2.05) is 60.8 Å². The monoisotopic (exact) mass is 331 g/mol. The summed E-state index contributed by atoms with van der Waals surface area (Å²) in [6, 6.07) is 19.9. The largest absolute Gasteiger partial charge is 0.497 e. The Morgan fingerprint density at radius 2 is 1.92 bits per heavy atom. The number of aliphatic hydroxyl groups is 1. The molecule has 0 amide bonds. The van der Waals surface area contributed by atoms with Gasteiger partial charge >= 0.3 is 0 Å². The summed E-state index contributed by atoms with van der Waals surface area (Å²) in [6.45, 7) is 0. The number of hydrogen-bond donors (Lipinski definition) is 1. The molecule has 2 unspecified atom stereocenters. The van der Waals surface area contributed by atoms with Crippen molar-refractivity contribution in [3.05, 3.63) is 95.3 Å². The van der Waals surface area contributed by atoms with Crippen molar-refractivity contribution in [1.82, 2.24) is 4.98 Å². The van der Waals surface area contributed by atoms with E-state index in [1.165, 1.54) is 0 Å². The number of nitrogens with zero attached hydrogens (tertiary/aromatic N) is 1. The number of aryl methyl sites for hydroxylation is 1. The number of rotatable bonds is 3. The normalized spacial score (nSPS) is 22.2. The first-order chi connectivity index (χ1) is 12.2. The van der Waals surface area contributed by atoms with E-state index in [-0.39, 0.29) is 5.92 Å². The average Bonchev–Trinajstić information content (AvgIpc) is 2.69. The molecule has 0 saturated heterocycles. The second kappa shape index (κ2) is 6.34. The van der Waals surface area contributed by atoms with Gasteiger partial charge in [-0.25, -0.2) is 0 Å². The van der Waals surface area contributed by atoms with Crippen LogP contribution in [0.2, 0.25) is 0 Å². The van der Waals surface area contributed by atoms with Gasteiger partial charge in [0.05, 0.1) is 7.11 Å². The van der Waals surface area contributed by atoms with Gasteiger partial charge in [0.15, 0.2) is 0 Å². The van der Waals surface area contributed by atoms with Gasteiger partial charge in [-0.15, -0.1) is 0 Å². The molecule has 1 N–H and O–H groups in total. The maximum absolute atomic E-state index is 12.0. The topological polar surface area (TPSA) is 42.4 Å². The van der Waals surface area contributed by atoms with Crippen molar-refractivity contribution in [1.29, 1.82) is 0 Å². The van der Waals surface area contributed by atoms with Crippen LogP contribution in [0, 0.1) is 0 Å². The quantitative estimate of drug-likeness (QED) is 0.787. The molecule has 0 fully saturated rings. The Morgan fingerprint density at radius 1 is 1.08 bits per heavy atom. The highest BCUT2D eigenvalue weighted by atomic mass is 16.5. The average molecular weight is 331 g/mol. The lowest BCUT2D eigenvalue weighted by Gasteiger charge is -2.42. The van der Waals surface area contributed by atoms with Crippen LogP contribution in [-0.4, -0.2) is 17.2 Å². The molecule has 1 aliphatic carbocycles. The third-order valence-corrected chi connectivity index (χ3v) is 5.23. The first-order valence-corrected chi connectivity index (χ1v) is 8.58. The lowest BCUT2D eigenvalue weighted by Crippen LogP contribution is -2.39. The summed E-state index contributed by atoms with van der Waals surface area (Å²) in [5, 5.41) is 12.0. The van der Waals surface area contributed by atoms with Crippen LogP contribution in [-0.2, 0) is 12.0 Å². The first-order valence-electron chi connectivity index (χ1n) is 8.58. The van der Waals surface area contributed by atoms with E-state index in [9.17, 15) is 5.11 Å². The summed E-state index contributed by atoms with van der Waals surface area (Å²) in [6.07, 6.45) is 5.40. The molecule has 2 atom stereocenters. The third-order valence-electron chi connectivity index (χ3n) is 5.23. The predicted molar refractivity (Wildman–Crippen MR) is 97.7 cm³/mol. The van der Waals surface area contributed by atoms with Crippen molar-refractivity contribution < 1.29 is 9.84 Å². The Bertz CT molecular complexity index is 864. The van der Waals surface area contributed by atoms with Crippen molar-refractivity contribution in [2.24, 2.45) is 0 Å². The highest BCUT2D eigenvalue weighted by Crippen LogP contribution is 2.49. The van der Waals surface area contributed by atoms with Gasteiger partial charge in [-0.3, -0.25) is 4.98 Å². The Kier molecular flexibility index (Phi) is 4.02. The maximum atomic E-state index is 12.0. The number of ether oxygens (including phenoxy) is 1. The van der Waals surface area contributed by atoms with E-state index in [0.717, 1.165) is 40.8 Å². The molecule has 1 aromatic heterocycles. The van der Waals surface area contributed by atoms with Gasteiger partial charge in [-0.05, 0) is 53.3 Å². The number of pyridine rings is 1. The van der Waals surface area contributed by atoms with E-state index in [4.69, 9.17) is 4.74 Å². The molecule has 0 spiro atoms. The Labute approximate surface area is 147 Å². The molecular formula is C22H21NO2. The highest BCUT2D eigenvalue weighted by Gasteiger charge is 2.45. The SMILES string of the molecule is COc1ccc2c(c1)CCC(c1cccnc1)C2(O)c1ccccc1. The van der Waals surface area contributed by atoms with Crippen molar-refractivity contribution >= 4 is 0 Å². The molecular weight excluding hydrogens is 310 g/mol. The summed E-state index contributed by atoms with van der Waals surface area (Å²) in [7, 11) is 1.67. The Balaban J connectivity index is 1.92. The minimum absolute atomic E-state index is 0.0375. The smallest absolute Gasteiger partial charge is 0.122 e. The zero-order valence-electron chi connectivity index (χ0n) is 14.2. The number of aromatic nitrogens is 1. The van der Waals surface area contributed by atoms with Crippen LogP contribution < -0.4 is 4.74 Å². The molecule has 0 saturated carbocycles. The molecule has 4 rings (SSSR count). The van der Waals surface area contributed by atoms with Crippen LogP contribution in [0.5, 0.6) is 5.75 Å². The van der Waals surface area contributed by atoms with Crippen LogP contribution >= 0.6 is 0 Å². The van der Waals surface area contributed by atoms with Gasteiger partial charge < -0.3 is 9.84 Å². The van der Waals surface area contributed by atoms with Gasteiger partial charge in [-0.1, -0.05) is 42.5 Å². The minimum Gasteiger partial charge on any atom is -0.497 e. The highest BCUT2D eigenvalue weighted by molar-refractivity contribution is 5.49. The van der Waals surface area contributed by atoms with Crippen LogP contribution in [0.4, 0.5) is 0 Å². The molecule has 0 bridgehead atoms. The molecule has 126 valence electrons. The van der Waals surface area contributed by atoms with E-state index in [0.29, 0.717) is 0 Å². The van der Waals surface area contributed by atoms with Gasteiger partial charge in [0, 0.05) is 18.3 Å². The first kappa shape index (κ1) is 15.9. The van der Waals surface area contributed by atoms with Crippen LogP contribution in [0.15, 0.2) is 73.1 Å². The van der Waals surface area contributed by atoms with Gasteiger partial charge in [0.2, 0.25) is 0 Å². The number of fused-ring (bicyclic) bond motifs is 1. The third kappa shape index (κ3) is 2.61. The van der Waals surface area contributed by atoms with Gasteiger partial charge in [-0.2, -0.15) is 0 Å². The lowest BCUT2D eigenvalue weighted by molar-refractivity contribution is 0.0382. The maximum Gasteiger partial charge on any atom is 0.122 e. The fourth-order valence-corrected chi connectivity index (χ4v) is 4.01. The molecule has 0 aliphatic heterocycles. The number of benzene rings is 2. The van der Waals surface area contributed by atoms with Crippen molar-refractivity contribution in [2.45, 2.75) is 24.4 Å². The molecule has 1 aliphatic rings. The summed E-state index contributed by atoms with van der Waals surface area (Å²) < 4.78 is 5.37. The number of hydrogen-bond acceptors (Lipinski definition) is 3. The minimum atomic E-state index is -1.08. The summed E-state index contributed by atoms with van der Waals surface area (Å²) in [5.41, 5.74) is 3.00. The molecule has 3 heteroatoms. The molecule has 3 nitrogen and oxygen atoms in total. The second-order valence-electron chi connectivity index (χ2n) is 6.53. The van der Waals surface area contributed by atoms with E-state index in [2.05, 4.69) is 11.1 Å². The molecule has 25 heavy (non-hydrogen) atoms. The summed E-state index contributed by atoms with van der Waals surface area (Å²) in [4.78, 5) is 4.27. The second-order valence-corrected chi connectivity index (χ2v) is 6.53. The predicted octanol–water partition coefficient (Wildman–Crippen LogP) is 4.06. The van der Waals surface area contributed by atoms with Gasteiger partial charge in [0.25, 0.3) is 0 Å². The van der Waals surface area contributed by atoms with Crippen molar-refractivity contribution in [3.63, 3.8) is 0 Å². The van der Waals surface area contributed by atoms with Crippen molar-refractivity contribution in [3.8, 4) is 5.75 Å². The summed E-state index contributed by atoms with van der Waals surface area (Å²) >= 11 is 0. The Hall–Kier alpha value is -2.65. The molecule has 0 radical (unpaired) electrons. The number of methoxy groups -OCH3 is 1. The van der Waals surface area contributed by atoms with Crippen LogP contribution in [0.25, 0.3) is 0 Å². The van der Waals surface area contributed by atoms with Crippen LogP contribution in [0.3, 0.4) is 0 Å². The van der Waals surface area contributed by atoms with E-state index in [1.54, 1.807) is 13.3 Å². The zero-order chi connectivity index (χ0) is 17.3. The fourth-order valence-electron chi connectivity index (χ4n) is 4.01. The summed E-state index contributed by atoms with van der Waals surface area (Å²) in [5.74, 6) is 0.790. The molecule has 2 aromatic carbocycles. The van der Waals surface area contributed by atoms with E-state index >= 15 is 0 Å².